The Balaban J connectivity index is 1.13. The molecule has 35 heavy (non-hydrogen) atoms. The van der Waals surface area contributed by atoms with Crippen LogP contribution in [0.3, 0.4) is 0 Å². The van der Waals surface area contributed by atoms with Crippen molar-refractivity contribution >= 4 is 23.7 Å². The van der Waals surface area contributed by atoms with Gasteiger partial charge in [0, 0.05) is 24.6 Å². The van der Waals surface area contributed by atoms with E-state index in [9.17, 15) is 14.4 Å². The number of carbonyl (C=O) groups is 3. The van der Waals surface area contributed by atoms with Crippen molar-refractivity contribution in [3.05, 3.63) is 89.5 Å². The van der Waals surface area contributed by atoms with E-state index < -0.39 is 12.1 Å². The van der Waals surface area contributed by atoms with Crippen molar-refractivity contribution in [3.63, 3.8) is 0 Å². The Bertz CT molecular complexity index is 1180. The van der Waals surface area contributed by atoms with Gasteiger partial charge in [-0.25, -0.2) is 9.59 Å². The van der Waals surface area contributed by atoms with Gasteiger partial charge in [0.15, 0.2) is 0 Å². The third kappa shape index (κ3) is 6.06. The van der Waals surface area contributed by atoms with E-state index in [-0.39, 0.29) is 24.0 Å². The van der Waals surface area contributed by atoms with Gasteiger partial charge in [-0.3, -0.25) is 4.79 Å². The van der Waals surface area contributed by atoms with Gasteiger partial charge in [-0.15, -0.1) is 0 Å². The first-order valence-corrected chi connectivity index (χ1v) is 11.7. The summed E-state index contributed by atoms with van der Waals surface area (Å²) in [5, 5.41) is 14.5. The smallest absolute Gasteiger partial charge is 0.407 e. The standard InChI is InChI=1S/C28H28N2O5/c31-26(30-20-10-8-9-19(17-20)27(32)33)15-2-1-7-16-29-28(34)35-18-25-23-13-5-3-11-21(23)22-12-4-6-14-24(22)25/h3-6,8-14,17,25H,1-2,7,15-16,18H2,(H,29,34)(H,30,31)(H,32,33). The fourth-order valence-electron chi connectivity index (χ4n) is 4.38. The van der Waals surface area contributed by atoms with Gasteiger partial charge >= 0.3 is 12.1 Å². The molecule has 3 aromatic rings. The fraction of sp³-hybridized carbons (Fsp3) is 0.250. The highest BCUT2D eigenvalue weighted by Gasteiger charge is 2.28. The normalized spacial score (nSPS) is 11.9. The Labute approximate surface area is 204 Å². The van der Waals surface area contributed by atoms with Gasteiger partial charge in [-0.1, -0.05) is 61.0 Å². The van der Waals surface area contributed by atoms with E-state index >= 15 is 0 Å². The minimum Gasteiger partial charge on any atom is -0.478 e. The molecule has 3 aromatic carbocycles. The van der Waals surface area contributed by atoms with Gasteiger partial charge < -0.3 is 20.5 Å². The van der Waals surface area contributed by atoms with Crippen LogP contribution in [0.5, 0.6) is 0 Å². The minimum atomic E-state index is -1.04. The van der Waals surface area contributed by atoms with Crippen molar-refractivity contribution in [1.29, 1.82) is 0 Å². The quantitative estimate of drug-likeness (QED) is 0.342. The largest absolute Gasteiger partial charge is 0.478 e. The molecule has 0 unspecified atom stereocenters. The van der Waals surface area contributed by atoms with Gasteiger partial charge in [0.2, 0.25) is 5.91 Å². The number of nitrogens with one attached hydrogen (secondary N) is 2. The van der Waals surface area contributed by atoms with Crippen molar-refractivity contribution < 1.29 is 24.2 Å². The van der Waals surface area contributed by atoms with Crippen LogP contribution in [0.1, 0.15) is 53.1 Å². The molecule has 1 aliphatic carbocycles. The highest BCUT2D eigenvalue weighted by Crippen LogP contribution is 2.44. The third-order valence-electron chi connectivity index (χ3n) is 6.09. The van der Waals surface area contributed by atoms with E-state index in [2.05, 4.69) is 34.9 Å². The molecule has 0 bridgehead atoms. The predicted octanol–water partition coefficient (Wildman–Crippen LogP) is 5.42. The van der Waals surface area contributed by atoms with Crippen LogP contribution < -0.4 is 10.6 Å². The van der Waals surface area contributed by atoms with Crippen LogP contribution in [-0.4, -0.2) is 36.2 Å². The van der Waals surface area contributed by atoms with Crippen molar-refractivity contribution in [2.75, 3.05) is 18.5 Å². The maximum absolute atomic E-state index is 12.2. The lowest BCUT2D eigenvalue weighted by molar-refractivity contribution is -0.116. The van der Waals surface area contributed by atoms with E-state index in [4.69, 9.17) is 9.84 Å². The summed E-state index contributed by atoms with van der Waals surface area (Å²) in [7, 11) is 0. The zero-order valence-electron chi connectivity index (χ0n) is 19.3. The molecule has 0 spiro atoms. The number of unbranched alkanes of at least 4 members (excludes halogenated alkanes) is 2. The molecule has 7 nitrogen and oxygen atoms in total. The molecule has 3 N–H and O–H groups in total. The van der Waals surface area contributed by atoms with Crippen LogP contribution in [0.2, 0.25) is 0 Å². The van der Waals surface area contributed by atoms with Gasteiger partial charge in [-0.2, -0.15) is 0 Å². The summed E-state index contributed by atoms with van der Waals surface area (Å²) < 4.78 is 5.52. The molecule has 0 saturated heterocycles. The van der Waals surface area contributed by atoms with Crippen LogP contribution in [0.25, 0.3) is 11.1 Å². The number of fused-ring (bicyclic) bond motifs is 3. The summed E-state index contributed by atoms with van der Waals surface area (Å²) in [4.78, 5) is 35.3. The molecule has 0 heterocycles. The highest BCUT2D eigenvalue weighted by molar-refractivity contribution is 5.93. The predicted molar refractivity (Wildman–Crippen MR) is 134 cm³/mol. The molecule has 1 aliphatic rings. The van der Waals surface area contributed by atoms with Crippen LogP contribution in [-0.2, 0) is 9.53 Å². The van der Waals surface area contributed by atoms with Gasteiger partial charge in [0.05, 0.1) is 5.56 Å². The van der Waals surface area contributed by atoms with Crippen molar-refractivity contribution in [3.8, 4) is 11.1 Å². The molecule has 0 atom stereocenters. The number of rotatable bonds is 10. The van der Waals surface area contributed by atoms with Crippen LogP contribution >= 0.6 is 0 Å². The average molecular weight is 473 g/mol. The molecule has 2 amide bonds. The number of amides is 2. The molecule has 180 valence electrons. The molecule has 0 radical (unpaired) electrons. The number of anilines is 1. The number of aromatic carboxylic acids is 1. The third-order valence-corrected chi connectivity index (χ3v) is 6.09. The first-order chi connectivity index (χ1) is 17.0. The first-order valence-electron chi connectivity index (χ1n) is 11.7. The number of ether oxygens (including phenoxy) is 1. The minimum absolute atomic E-state index is 0.0304. The van der Waals surface area contributed by atoms with Crippen molar-refractivity contribution in [2.24, 2.45) is 0 Å². The van der Waals surface area contributed by atoms with Crippen LogP contribution in [0.15, 0.2) is 72.8 Å². The highest BCUT2D eigenvalue weighted by atomic mass is 16.5. The Hall–Kier alpha value is -4.13. The van der Waals surface area contributed by atoms with E-state index in [0.717, 1.165) is 12.8 Å². The van der Waals surface area contributed by atoms with E-state index in [1.807, 2.05) is 24.3 Å². The Kier molecular flexibility index (Phi) is 7.77. The number of hydrogen-bond donors (Lipinski definition) is 3. The Morgan fingerprint density at radius 1 is 0.829 bits per heavy atom. The number of alkyl carbamates (subject to hydrolysis) is 1. The average Bonchev–Trinajstić information content (AvgIpc) is 3.18. The lowest BCUT2D eigenvalue weighted by Gasteiger charge is -2.14. The summed E-state index contributed by atoms with van der Waals surface area (Å²) >= 11 is 0. The van der Waals surface area contributed by atoms with E-state index in [1.165, 1.54) is 34.4 Å². The molecule has 0 aliphatic heterocycles. The maximum Gasteiger partial charge on any atom is 0.407 e. The second-order valence-corrected chi connectivity index (χ2v) is 8.50. The molecule has 0 saturated carbocycles. The monoisotopic (exact) mass is 472 g/mol. The molecule has 0 aromatic heterocycles. The molecular weight excluding hydrogens is 444 g/mol. The second-order valence-electron chi connectivity index (χ2n) is 8.50. The molecular formula is C28H28N2O5. The van der Waals surface area contributed by atoms with Crippen LogP contribution in [0, 0.1) is 0 Å². The summed E-state index contributed by atoms with van der Waals surface area (Å²) in [6, 6.07) is 22.6. The first kappa shape index (κ1) is 24.0. The van der Waals surface area contributed by atoms with Crippen molar-refractivity contribution in [1.82, 2.24) is 5.32 Å². The molecule has 0 fully saturated rings. The number of carboxylic acids is 1. The summed E-state index contributed by atoms with van der Waals surface area (Å²) in [5.41, 5.74) is 5.32. The molecule has 4 rings (SSSR count). The van der Waals surface area contributed by atoms with Gasteiger partial charge in [-0.05, 0) is 53.3 Å². The van der Waals surface area contributed by atoms with Gasteiger partial charge in [0.25, 0.3) is 0 Å². The number of hydrogen-bond acceptors (Lipinski definition) is 4. The fourth-order valence-corrected chi connectivity index (χ4v) is 4.38. The Morgan fingerprint density at radius 3 is 2.20 bits per heavy atom. The maximum atomic E-state index is 12.2. The van der Waals surface area contributed by atoms with E-state index in [1.54, 1.807) is 12.1 Å². The zero-order valence-corrected chi connectivity index (χ0v) is 19.3. The summed E-state index contributed by atoms with van der Waals surface area (Å²) in [6.45, 7) is 0.752. The number of carboxylic acid groups (broad SMARTS) is 1. The molecule has 7 heteroatoms. The Morgan fingerprint density at radius 2 is 1.51 bits per heavy atom. The summed E-state index contributed by atoms with van der Waals surface area (Å²) in [5.74, 6) is -1.18. The summed E-state index contributed by atoms with van der Waals surface area (Å²) in [6.07, 6.45) is 2.04. The van der Waals surface area contributed by atoms with Crippen molar-refractivity contribution in [2.45, 2.75) is 31.6 Å². The topological polar surface area (TPSA) is 105 Å². The second kappa shape index (κ2) is 11.3. The number of benzene rings is 3. The lowest BCUT2D eigenvalue weighted by atomic mass is 9.98. The van der Waals surface area contributed by atoms with Crippen LogP contribution in [0.4, 0.5) is 10.5 Å². The SMILES string of the molecule is O=C(CCCCCNC(=O)OCC1c2ccccc2-c2ccccc21)Nc1cccc(C(=O)O)c1. The van der Waals surface area contributed by atoms with Gasteiger partial charge in [0.1, 0.15) is 6.61 Å². The number of carbonyl (C=O) groups excluding carboxylic acids is 2. The van der Waals surface area contributed by atoms with E-state index in [0.29, 0.717) is 25.1 Å². The zero-order chi connectivity index (χ0) is 24.6. The lowest BCUT2D eigenvalue weighted by Crippen LogP contribution is -2.27.